The van der Waals surface area contributed by atoms with Crippen molar-refractivity contribution < 1.29 is 24.1 Å². The van der Waals surface area contributed by atoms with Crippen LogP contribution in [0.2, 0.25) is 0 Å². The maximum atomic E-state index is 12.1. The van der Waals surface area contributed by atoms with E-state index in [9.17, 15) is 25.0 Å². The highest BCUT2D eigenvalue weighted by Gasteiger charge is 2.27. The van der Waals surface area contributed by atoms with Gasteiger partial charge in [0.1, 0.15) is 5.75 Å². The highest BCUT2D eigenvalue weighted by Crippen LogP contribution is 2.28. The van der Waals surface area contributed by atoms with Crippen molar-refractivity contribution in [2.75, 3.05) is 7.11 Å². The summed E-state index contributed by atoms with van der Waals surface area (Å²) in [6.45, 7) is 0. The van der Waals surface area contributed by atoms with Crippen molar-refractivity contribution in [1.29, 1.82) is 0 Å². The average Bonchev–Trinajstić information content (AvgIpc) is 3.02. The largest absolute Gasteiger partial charge is 0.496 e. The molecule has 27 heavy (non-hydrogen) atoms. The van der Waals surface area contributed by atoms with Crippen LogP contribution in [-0.4, -0.2) is 28.8 Å². The van der Waals surface area contributed by atoms with E-state index in [1.807, 2.05) is 0 Å². The third-order valence-electron chi connectivity index (χ3n) is 3.62. The molecule has 0 unspecified atom stereocenters. The second-order valence-corrected chi connectivity index (χ2v) is 5.33. The molecule has 1 aliphatic heterocycles. The maximum absolute atomic E-state index is 12.1. The fraction of sp³-hybridized carbons (Fsp3) is 0.0588. The molecule has 0 amide bonds. The number of esters is 1. The normalized spacial score (nSPS) is 14.6. The summed E-state index contributed by atoms with van der Waals surface area (Å²) in [5.41, 5.74) is -0.571. The molecule has 10 nitrogen and oxygen atoms in total. The quantitative estimate of drug-likeness (QED) is 0.342. The van der Waals surface area contributed by atoms with Crippen molar-refractivity contribution in [1.82, 2.24) is 0 Å². The topological polar surface area (TPSA) is 134 Å². The number of methoxy groups -OCH3 is 1. The summed E-state index contributed by atoms with van der Waals surface area (Å²) in [7, 11) is 1.47. The molecule has 2 aromatic carbocycles. The van der Waals surface area contributed by atoms with Gasteiger partial charge in [0.05, 0.1) is 28.6 Å². The van der Waals surface area contributed by atoms with E-state index in [-0.39, 0.29) is 17.2 Å². The van der Waals surface area contributed by atoms with Gasteiger partial charge >= 0.3 is 5.97 Å². The number of aliphatic imine (C=N–C) groups is 1. The maximum Gasteiger partial charge on any atom is 0.363 e. The molecule has 0 fully saturated rings. The van der Waals surface area contributed by atoms with Gasteiger partial charge in [-0.3, -0.25) is 20.2 Å². The van der Waals surface area contributed by atoms with E-state index in [2.05, 4.69) is 4.99 Å². The standard InChI is InChI=1S/C17H11N3O7/c1-26-15-5-3-2-4-10(15)8-14-17(21)27-16(18-14)11-6-12(19(22)23)9-13(7-11)20(24)25/h2-9H,1H3/b14-8+. The lowest BCUT2D eigenvalue weighted by Gasteiger charge is -2.03. The van der Waals surface area contributed by atoms with Gasteiger partial charge in [0, 0.05) is 17.7 Å². The number of carbonyl (C=O) groups excluding carboxylic acids is 1. The number of ether oxygens (including phenoxy) is 2. The van der Waals surface area contributed by atoms with Gasteiger partial charge in [-0.05, 0) is 12.1 Å². The Bertz CT molecular complexity index is 995. The molecule has 0 saturated heterocycles. The molecule has 3 rings (SSSR count). The average molecular weight is 369 g/mol. The minimum Gasteiger partial charge on any atom is -0.496 e. The van der Waals surface area contributed by atoms with Crippen molar-refractivity contribution in [2.24, 2.45) is 4.99 Å². The van der Waals surface area contributed by atoms with Crippen LogP contribution in [0.1, 0.15) is 11.1 Å². The van der Waals surface area contributed by atoms with Crippen molar-refractivity contribution in [3.8, 4) is 5.75 Å². The van der Waals surface area contributed by atoms with Crippen LogP contribution >= 0.6 is 0 Å². The summed E-state index contributed by atoms with van der Waals surface area (Å²) in [4.78, 5) is 36.5. The second-order valence-electron chi connectivity index (χ2n) is 5.33. The predicted octanol–water partition coefficient (Wildman–Crippen LogP) is 2.86. The number of hydrogen-bond acceptors (Lipinski definition) is 8. The van der Waals surface area contributed by atoms with E-state index in [1.54, 1.807) is 24.3 Å². The van der Waals surface area contributed by atoms with Crippen molar-refractivity contribution in [3.63, 3.8) is 0 Å². The van der Waals surface area contributed by atoms with Crippen LogP contribution in [0.15, 0.2) is 53.2 Å². The third-order valence-corrected chi connectivity index (χ3v) is 3.62. The van der Waals surface area contributed by atoms with Crippen LogP contribution in [0.5, 0.6) is 5.75 Å². The van der Waals surface area contributed by atoms with Gasteiger partial charge in [-0.15, -0.1) is 0 Å². The summed E-state index contributed by atoms with van der Waals surface area (Å²) >= 11 is 0. The molecular formula is C17H11N3O7. The molecule has 0 spiro atoms. The second kappa shape index (κ2) is 7.04. The lowest BCUT2D eigenvalue weighted by molar-refractivity contribution is -0.394. The monoisotopic (exact) mass is 369 g/mol. The molecule has 1 aliphatic rings. The number of hydrogen-bond donors (Lipinski definition) is 0. The Balaban J connectivity index is 2.05. The van der Waals surface area contributed by atoms with Crippen LogP contribution in [0, 0.1) is 20.2 Å². The molecular weight excluding hydrogens is 358 g/mol. The molecule has 2 aromatic rings. The van der Waals surface area contributed by atoms with Gasteiger partial charge in [0.2, 0.25) is 5.90 Å². The van der Waals surface area contributed by atoms with Crippen LogP contribution in [-0.2, 0) is 9.53 Å². The number of benzene rings is 2. The molecule has 0 atom stereocenters. The fourth-order valence-electron chi connectivity index (χ4n) is 2.40. The molecule has 0 N–H and O–H groups in total. The Labute approximate surface area is 151 Å². The minimum absolute atomic E-state index is 0.0484. The molecule has 0 aliphatic carbocycles. The van der Waals surface area contributed by atoms with Gasteiger partial charge < -0.3 is 9.47 Å². The first-order valence-corrected chi connectivity index (χ1v) is 7.49. The SMILES string of the molecule is COc1ccccc1/C=C1/N=C(c2cc([N+](=O)[O-])cc([N+](=O)[O-])c2)OC1=O. The van der Waals surface area contributed by atoms with E-state index >= 15 is 0 Å². The Morgan fingerprint density at radius 1 is 1.07 bits per heavy atom. The zero-order valence-electron chi connectivity index (χ0n) is 13.8. The number of nitro benzene ring substituents is 2. The first-order valence-electron chi connectivity index (χ1n) is 7.49. The van der Waals surface area contributed by atoms with E-state index < -0.39 is 27.2 Å². The predicted molar refractivity (Wildman–Crippen MR) is 93.4 cm³/mol. The van der Waals surface area contributed by atoms with Crippen molar-refractivity contribution in [3.05, 3.63) is 79.5 Å². The summed E-state index contributed by atoms with van der Waals surface area (Å²) in [6.07, 6.45) is 1.43. The Morgan fingerprint density at radius 2 is 1.70 bits per heavy atom. The number of rotatable bonds is 5. The Hall–Kier alpha value is -4.08. The lowest BCUT2D eigenvalue weighted by Crippen LogP contribution is -2.06. The van der Waals surface area contributed by atoms with Crippen molar-refractivity contribution >= 4 is 29.3 Å². The summed E-state index contributed by atoms with van der Waals surface area (Å²) < 4.78 is 10.2. The van der Waals surface area contributed by atoms with E-state index in [1.165, 1.54) is 13.2 Å². The molecule has 0 bridgehead atoms. The highest BCUT2D eigenvalue weighted by atomic mass is 16.6. The van der Waals surface area contributed by atoms with E-state index in [0.717, 1.165) is 18.2 Å². The number of nitro groups is 2. The highest BCUT2D eigenvalue weighted by molar-refractivity contribution is 6.13. The molecule has 10 heteroatoms. The zero-order valence-corrected chi connectivity index (χ0v) is 13.8. The molecule has 1 heterocycles. The number of nitrogens with zero attached hydrogens (tertiary/aromatic N) is 3. The molecule has 136 valence electrons. The van der Waals surface area contributed by atoms with Crippen LogP contribution in [0.3, 0.4) is 0 Å². The number of carbonyl (C=O) groups is 1. The first-order chi connectivity index (χ1) is 12.9. The Morgan fingerprint density at radius 3 is 2.30 bits per heavy atom. The number of non-ortho nitro benzene ring substituents is 2. The Kier molecular flexibility index (Phi) is 4.62. The van der Waals surface area contributed by atoms with Gasteiger partial charge in [0.15, 0.2) is 5.70 Å². The number of para-hydroxylation sites is 1. The van der Waals surface area contributed by atoms with E-state index in [4.69, 9.17) is 9.47 Å². The zero-order chi connectivity index (χ0) is 19.6. The number of cyclic esters (lactones) is 1. The molecule has 0 aromatic heterocycles. The first kappa shape index (κ1) is 17.7. The summed E-state index contributed by atoms with van der Waals surface area (Å²) in [6, 6.07) is 9.79. The third kappa shape index (κ3) is 3.63. The molecule has 0 saturated carbocycles. The van der Waals surface area contributed by atoms with Gasteiger partial charge in [-0.25, -0.2) is 9.79 Å². The summed E-state index contributed by atoms with van der Waals surface area (Å²) in [5.74, 6) is -0.537. The smallest absolute Gasteiger partial charge is 0.363 e. The van der Waals surface area contributed by atoms with Crippen LogP contribution in [0.4, 0.5) is 11.4 Å². The van der Waals surface area contributed by atoms with Crippen LogP contribution in [0.25, 0.3) is 6.08 Å². The van der Waals surface area contributed by atoms with Gasteiger partial charge in [-0.2, -0.15) is 0 Å². The van der Waals surface area contributed by atoms with Gasteiger partial charge in [-0.1, -0.05) is 18.2 Å². The van der Waals surface area contributed by atoms with Crippen molar-refractivity contribution in [2.45, 2.75) is 0 Å². The lowest BCUT2D eigenvalue weighted by atomic mass is 10.1. The minimum atomic E-state index is -0.787. The van der Waals surface area contributed by atoms with E-state index in [0.29, 0.717) is 11.3 Å². The van der Waals surface area contributed by atoms with Gasteiger partial charge in [0.25, 0.3) is 11.4 Å². The van der Waals surface area contributed by atoms with Crippen LogP contribution < -0.4 is 4.74 Å². The summed E-state index contributed by atoms with van der Waals surface area (Å²) in [5, 5.41) is 22.0. The fourth-order valence-corrected chi connectivity index (χ4v) is 2.40. The molecule has 0 radical (unpaired) electrons.